The maximum Gasteiger partial charge on any atom is 0.325 e. The molecule has 1 aliphatic heterocycles. The van der Waals surface area contributed by atoms with E-state index in [0.29, 0.717) is 18.4 Å². The molecule has 1 saturated carbocycles. The van der Waals surface area contributed by atoms with Crippen molar-refractivity contribution in [2.24, 2.45) is 0 Å². The number of rotatable bonds is 4. The smallest absolute Gasteiger partial charge is 0.325 e. The van der Waals surface area contributed by atoms with Crippen LogP contribution in [0.15, 0.2) is 18.2 Å². The number of H-pyrrole nitrogens is 1. The van der Waals surface area contributed by atoms with Gasteiger partial charge >= 0.3 is 6.03 Å². The zero-order valence-corrected chi connectivity index (χ0v) is 16.1. The molecule has 4 amide bonds. The van der Waals surface area contributed by atoms with Gasteiger partial charge in [0, 0.05) is 24.0 Å². The number of nitrogens with one attached hydrogen (secondary N) is 3. The first-order valence-electron chi connectivity index (χ1n) is 8.56. The Morgan fingerprint density at radius 2 is 2.08 bits per heavy atom. The summed E-state index contributed by atoms with van der Waals surface area (Å²) in [6.45, 7) is 0.387. The van der Waals surface area contributed by atoms with E-state index in [1.165, 1.54) is 4.90 Å². The number of halogens is 1. The van der Waals surface area contributed by atoms with E-state index in [2.05, 4.69) is 43.4 Å². The number of fused-ring (bicyclic) bond motifs is 1. The fourth-order valence-corrected chi connectivity index (χ4v) is 4.25. The van der Waals surface area contributed by atoms with Crippen LogP contribution in [0.2, 0.25) is 0 Å². The molecule has 26 heavy (non-hydrogen) atoms. The molecule has 4 rings (SSSR count). The first kappa shape index (κ1) is 17.3. The number of imide groups is 1. The molecule has 1 saturated heterocycles. The highest BCUT2D eigenvalue weighted by molar-refractivity contribution is 14.1. The Hall–Kier alpha value is -2.17. The summed E-state index contributed by atoms with van der Waals surface area (Å²) in [5.74, 6) is -0.407. The van der Waals surface area contributed by atoms with Gasteiger partial charge < -0.3 is 10.6 Å². The summed E-state index contributed by atoms with van der Waals surface area (Å²) >= 11 is 2.13. The molecule has 0 unspecified atom stereocenters. The maximum atomic E-state index is 12.6. The normalized spacial score (nSPS) is 18.7. The zero-order valence-electron chi connectivity index (χ0n) is 14.0. The third-order valence-electron chi connectivity index (χ3n) is 5.09. The second-order valence-corrected chi connectivity index (χ2v) is 7.78. The molecule has 2 aliphatic rings. The minimum atomic E-state index is -0.704. The van der Waals surface area contributed by atoms with E-state index >= 15 is 0 Å². The minimum absolute atomic E-state index is 0.163. The molecular formula is C17H18IN5O3. The highest BCUT2D eigenvalue weighted by atomic mass is 127. The molecule has 1 aliphatic carbocycles. The van der Waals surface area contributed by atoms with Crippen LogP contribution in [0.5, 0.6) is 0 Å². The number of urea groups is 1. The summed E-state index contributed by atoms with van der Waals surface area (Å²) in [6.07, 6.45) is 3.30. The van der Waals surface area contributed by atoms with Crippen molar-refractivity contribution in [3.63, 3.8) is 0 Å². The first-order valence-corrected chi connectivity index (χ1v) is 9.64. The number of nitrogens with zero attached hydrogens (tertiary/aromatic N) is 2. The molecule has 8 nitrogen and oxygen atoms in total. The minimum Gasteiger partial charge on any atom is -0.350 e. The van der Waals surface area contributed by atoms with Crippen LogP contribution in [0.4, 0.5) is 4.79 Å². The number of amides is 4. The highest BCUT2D eigenvalue weighted by Crippen LogP contribution is 2.34. The van der Waals surface area contributed by atoms with Gasteiger partial charge in [-0.25, -0.2) is 4.79 Å². The SMILES string of the molecule is O=C(NCCN1C(=O)NC2(CCCC2)C1=O)c1ccc2n[nH]c(I)c2c1. The van der Waals surface area contributed by atoms with Gasteiger partial charge in [0.25, 0.3) is 11.8 Å². The molecule has 136 valence electrons. The summed E-state index contributed by atoms with van der Waals surface area (Å²) in [6, 6.07) is 4.90. The van der Waals surface area contributed by atoms with Gasteiger partial charge in [0.15, 0.2) is 0 Å². The number of hydrogen-bond acceptors (Lipinski definition) is 4. The molecule has 1 aromatic heterocycles. The second kappa shape index (κ2) is 6.53. The fraction of sp³-hybridized carbons (Fsp3) is 0.412. The van der Waals surface area contributed by atoms with Gasteiger partial charge in [-0.15, -0.1) is 0 Å². The van der Waals surface area contributed by atoms with Crippen molar-refractivity contribution in [2.75, 3.05) is 13.1 Å². The lowest BCUT2D eigenvalue weighted by Crippen LogP contribution is -2.44. The molecule has 1 spiro atoms. The van der Waals surface area contributed by atoms with Crippen LogP contribution in [0, 0.1) is 3.70 Å². The van der Waals surface area contributed by atoms with Gasteiger partial charge in [-0.05, 0) is 53.6 Å². The van der Waals surface area contributed by atoms with Gasteiger partial charge in [0.1, 0.15) is 9.24 Å². The summed E-state index contributed by atoms with van der Waals surface area (Å²) in [5.41, 5.74) is 0.609. The molecule has 9 heteroatoms. The van der Waals surface area contributed by atoms with Crippen molar-refractivity contribution in [1.29, 1.82) is 0 Å². The Morgan fingerprint density at radius 3 is 2.85 bits per heavy atom. The van der Waals surface area contributed by atoms with E-state index in [9.17, 15) is 14.4 Å². The molecule has 3 N–H and O–H groups in total. The Labute approximate surface area is 163 Å². The largest absolute Gasteiger partial charge is 0.350 e. The van der Waals surface area contributed by atoms with E-state index in [4.69, 9.17) is 0 Å². The predicted molar refractivity (Wildman–Crippen MR) is 103 cm³/mol. The van der Waals surface area contributed by atoms with Crippen LogP contribution < -0.4 is 10.6 Å². The summed E-state index contributed by atoms with van der Waals surface area (Å²) in [5, 5.41) is 13.5. The molecule has 2 aromatic rings. The number of aromatic nitrogens is 2. The topological polar surface area (TPSA) is 107 Å². The van der Waals surface area contributed by atoms with Gasteiger partial charge in [0.05, 0.1) is 5.52 Å². The Bertz CT molecular complexity index is 903. The van der Waals surface area contributed by atoms with Crippen LogP contribution in [-0.2, 0) is 4.79 Å². The lowest BCUT2D eigenvalue weighted by Gasteiger charge is -2.20. The second-order valence-electron chi connectivity index (χ2n) is 6.70. The summed E-state index contributed by atoms with van der Waals surface area (Å²) in [4.78, 5) is 38.3. The van der Waals surface area contributed by atoms with Gasteiger partial charge in [0.2, 0.25) is 0 Å². The number of carbonyl (C=O) groups excluding carboxylic acids is 3. The third-order valence-corrected chi connectivity index (χ3v) is 5.92. The lowest BCUT2D eigenvalue weighted by molar-refractivity contribution is -0.131. The molecule has 0 bridgehead atoms. The maximum absolute atomic E-state index is 12.6. The molecular weight excluding hydrogens is 449 g/mol. The Kier molecular flexibility index (Phi) is 4.33. The fourth-order valence-electron chi connectivity index (χ4n) is 3.70. The van der Waals surface area contributed by atoms with Gasteiger partial charge in [-0.2, -0.15) is 5.10 Å². The van der Waals surface area contributed by atoms with E-state index in [1.54, 1.807) is 18.2 Å². The number of benzene rings is 1. The van der Waals surface area contributed by atoms with E-state index in [0.717, 1.165) is 27.4 Å². The quantitative estimate of drug-likeness (QED) is 0.471. The molecule has 2 fully saturated rings. The van der Waals surface area contributed by atoms with Crippen LogP contribution in [0.1, 0.15) is 36.0 Å². The lowest BCUT2D eigenvalue weighted by atomic mass is 9.98. The molecule has 0 radical (unpaired) electrons. The van der Waals surface area contributed by atoms with Crippen LogP contribution >= 0.6 is 22.6 Å². The van der Waals surface area contributed by atoms with Crippen molar-refractivity contribution in [2.45, 2.75) is 31.2 Å². The summed E-state index contributed by atoms with van der Waals surface area (Å²) in [7, 11) is 0. The number of aromatic amines is 1. The van der Waals surface area contributed by atoms with Crippen molar-refractivity contribution in [3.8, 4) is 0 Å². The van der Waals surface area contributed by atoms with E-state index in [-0.39, 0.29) is 30.9 Å². The third kappa shape index (κ3) is 2.83. The van der Waals surface area contributed by atoms with E-state index in [1.807, 2.05) is 0 Å². The average Bonchev–Trinajstić information content (AvgIpc) is 3.30. The van der Waals surface area contributed by atoms with Crippen molar-refractivity contribution < 1.29 is 14.4 Å². The first-order chi connectivity index (χ1) is 12.5. The average molecular weight is 467 g/mol. The highest BCUT2D eigenvalue weighted by Gasteiger charge is 2.52. The predicted octanol–water partition coefficient (Wildman–Crippen LogP) is 1.76. The Morgan fingerprint density at radius 1 is 1.31 bits per heavy atom. The zero-order chi connectivity index (χ0) is 18.3. The van der Waals surface area contributed by atoms with Crippen LogP contribution in [0.25, 0.3) is 10.9 Å². The number of hydrogen-bond donors (Lipinski definition) is 3. The molecule has 2 heterocycles. The van der Waals surface area contributed by atoms with Crippen LogP contribution in [-0.4, -0.2) is 51.6 Å². The molecule has 0 atom stereocenters. The number of carbonyl (C=O) groups is 3. The van der Waals surface area contributed by atoms with Crippen molar-refractivity contribution >= 4 is 51.3 Å². The van der Waals surface area contributed by atoms with Crippen molar-refractivity contribution in [3.05, 3.63) is 27.5 Å². The van der Waals surface area contributed by atoms with Gasteiger partial charge in [-0.3, -0.25) is 19.6 Å². The van der Waals surface area contributed by atoms with Gasteiger partial charge in [-0.1, -0.05) is 12.8 Å². The van der Waals surface area contributed by atoms with Crippen LogP contribution in [0.3, 0.4) is 0 Å². The Balaban J connectivity index is 1.38. The summed E-state index contributed by atoms with van der Waals surface area (Å²) < 4.78 is 0.869. The van der Waals surface area contributed by atoms with E-state index < -0.39 is 5.54 Å². The van der Waals surface area contributed by atoms with Crippen molar-refractivity contribution in [1.82, 2.24) is 25.7 Å². The molecule has 1 aromatic carbocycles. The monoisotopic (exact) mass is 467 g/mol. The standard InChI is InChI=1S/C17H18IN5O3/c18-13-11-9-10(3-4-12(11)21-22-13)14(24)19-7-8-23-15(25)17(20-16(23)26)5-1-2-6-17/h3-4,9H,1-2,5-8H2,(H,19,24)(H,20,26)(H,21,22).